The van der Waals surface area contributed by atoms with Gasteiger partial charge in [0.2, 0.25) is 0 Å². The number of aromatic nitrogens is 2. The lowest BCUT2D eigenvalue weighted by molar-refractivity contribution is 0.407. The number of hydrogen-bond acceptors (Lipinski definition) is 3. The summed E-state index contributed by atoms with van der Waals surface area (Å²) in [7, 11) is 1.52. The quantitative estimate of drug-likeness (QED) is 0.858. The lowest BCUT2D eigenvalue weighted by Crippen LogP contribution is -1.97. The number of hydrogen-bond donors (Lipinski definition) is 2. The van der Waals surface area contributed by atoms with Crippen LogP contribution in [0.25, 0.3) is 11.1 Å². The van der Waals surface area contributed by atoms with E-state index in [9.17, 15) is 4.39 Å². The van der Waals surface area contributed by atoms with Crippen molar-refractivity contribution in [2.75, 3.05) is 12.8 Å². The van der Waals surface area contributed by atoms with Gasteiger partial charge in [-0.1, -0.05) is 6.92 Å². The lowest BCUT2D eigenvalue weighted by Gasteiger charge is -2.12. The van der Waals surface area contributed by atoms with Crippen LogP contribution in [-0.2, 0) is 6.42 Å². The monoisotopic (exact) mass is 235 g/mol. The van der Waals surface area contributed by atoms with E-state index in [-0.39, 0.29) is 5.82 Å². The maximum Gasteiger partial charge on any atom is 0.127 e. The minimum atomic E-state index is -0.352. The molecule has 0 aliphatic carbocycles. The fourth-order valence-corrected chi connectivity index (χ4v) is 1.91. The lowest BCUT2D eigenvalue weighted by atomic mass is 9.98. The molecular weight excluding hydrogens is 221 g/mol. The Bertz CT molecular complexity index is 537. The van der Waals surface area contributed by atoms with Gasteiger partial charge in [-0.15, -0.1) is 0 Å². The summed E-state index contributed by atoms with van der Waals surface area (Å²) in [6.07, 6.45) is 2.31. The van der Waals surface area contributed by atoms with Crippen molar-refractivity contribution < 1.29 is 9.13 Å². The van der Waals surface area contributed by atoms with Gasteiger partial charge < -0.3 is 10.5 Å². The summed E-state index contributed by atoms with van der Waals surface area (Å²) in [6.45, 7) is 1.98. The number of benzene rings is 1. The molecule has 2 aromatic rings. The number of rotatable bonds is 3. The number of H-pyrrole nitrogens is 1. The molecule has 0 saturated heterocycles. The van der Waals surface area contributed by atoms with Gasteiger partial charge in [0.25, 0.3) is 0 Å². The van der Waals surface area contributed by atoms with Crippen molar-refractivity contribution in [1.29, 1.82) is 0 Å². The van der Waals surface area contributed by atoms with Crippen molar-refractivity contribution >= 4 is 5.82 Å². The highest BCUT2D eigenvalue weighted by atomic mass is 19.1. The molecule has 1 aromatic carbocycles. The first-order valence-electron chi connectivity index (χ1n) is 5.33. The number of halogens is 1. The predicted octanol–water partition coefficient (Wildman–Crippen LogP) is 2.37. The summed E-state index contributed by atoms with van der Waals surface area (Å²) in [4.78, 5) is 0. The van der Waals surface area contributed by atoms with Crippen LogP contribution in [0.5, 0.6) is 5.75 Å². The molecule has 0 unspecified atom stereocenters. The van der Waals surface area contributed by atoms with Crippen molar-refractivity contribution in [2.24, 2.45) is 0 Å². The molecule has 0 spiro atoms. The Labute approximate surface area is 98.6 Å². The second-order valence-electron chi connectivity index (χ2n) is 3.69. The zero-order chi connectivity index (χ0) is 12.4. The Morgan fingerprint density at radius 1 is 1.41 bits per heavy atom. The number of anilines is 1. The van der Waals surface area contributed by atoms with E-state index >= 15 is 0 Å². The van der Waals surface area contributed by atoms with Gasteiger partial charge in [-0.25, -0.2) is 4.39 Å². The van der Waals surface area contributed by atoms with Gasteiger partial charge in [-0.2, -0.15) is 5.10 Å². The zero-order valence-electron chi connectivity index (χ0n) is 9.75. The third-order valence-corrected chi connectivity index (χ3v) is 2.71. The van der Waals surface area contributed by atoms with Gasteiger partial charge in [0, 0.05) is 17.2 Å². The van der Waals surface area contributed by atoms with Gasteiger partial charge in [-0.3, -0.25) is 5.10 Å². The number of methoxy groups -OCH3 is 1. The predicted molar refractivity (Wildman–Crippen MR) is 64.3 cm³/mol. The van der Waals surface area contributed by atoms with Crippen molar-refractivity contribution in [3.05, 3.63) is 29.7 Å². The number of aromatic amines is 1. The molecule has 1 heterocycles. The second kappa shape index (κ2) is 4.45. The first-order valence-corrected chi connectivity index (χ1v) is 5.33. The van der Waals surface area contributed by atoms with Gasteiger partial charge in [0.05, 0.1) is 13.3 Å². The number of nitrogens with one attached hydrogen (secondary N) is 1. The van der Waals surface area contributed by atoms with Gasteiger partial charge in [-0.05, 0) is 18.1 Å². The summed E-state index contributed by atoms with van der Waals surface area (Å²) in [5.74, 6) is 0.602. The topological polar surface area (TPSA) is 63.9 Å². The molecule has 3 N–H and O–H groups in total. The number of nitrogens with two attached hydrogens (primary N) is 1. The van der Waals surface area contributed by atoms with Crippen LogP contribution in [0.2, 0.25) is 0 Å². The Morgan fingerprint density at radius 3 is 2.71 bits per heavy atom. The van der Waals surface area contributed by atoms with Crippen molar-refractivity contribution in [2.45, 2.75) is 13.3 Å². The van der Waals surface area contributed by atoms with E-state index in [1.165, 1.54) is 19.2 Å². The first kappa shape index (κ1) is 11.4. The van der Waals surface area contributed by atoms with Gasteiger partial charge >= 0.3 is 0 Å². The highest BCUT2D eigenvalue weighted by molar-refractivity contribution is 5.77. The Kier molecular flexibility index (Phi) is 2.99. The fourth-order valence-electron chi connectivity index (χ4n) is 1.91. The first-order chi connectivity index (χ1) is 8.17. The largest absolute Gasteiger partial charge is 0.496 e. The number of ether oxygens (including phenoxy) is 1. The van der Waals surface area contributed by atoms with E-state index in [4.69, 9.17) is 10.5 Å². The molecular formula is C12H14FN3O. The molecule has 0 radical (unpaired) electrons. The zero-order valence-corrected chi connectivity index (χ0v) is 9.75. The standard InChI is InChI=1S/C12H14FN3O/c1-3-8-9(10-6-15-16-12(10)14)4-7(13)5-11(8)17-2/h4-6H,3H2,1-2H3,(H3,14,15,16). The van der Waals surface area contributed by atoms with Crippen LogP contribution in [-0.4, -0.2) is 17.3 Å². The molecule has 0 saturated carbocycles. The van der Waals surface area contributed by atoms with E-state index < -0.39 is 0 Å². The summed E-state index contributed by atoms with van der Waals surface area (Å²) < 4.78 is 18.7. The summed E-state index contributed by atoms with van der Waals surface area (Å²) in [5.41, 5.74) is 8.09. The van der Waals surface area contributed by atoms with Crippen LogP contribution in [0.15, 0.2) is 18.3 Å². The van der Waals surface area contributed by atoms with E-state index in [0.717, 1.165) is 17.5 Å². The number of nitrogen functional groups attached to an aromatic ring is 1. The summed E-state index contributed by atoms with van der Waals surface area (Å²) in [6, 6.07) is 2.82. The average molecular weight is 235 g/mol. The van der Waals surface area contributed by atoms with Crippen LogP contribution in [0, 0.1) is 5.82 Å². The molecule has 0 aliphatic heterocycles. The number of nitrogens with zero attached hydrogens (tertiary/aromatic N) is 1. The molecule has 1 aromatic heterocycles. The smallest absolute Gasteiger partial charge is 0.127 e. The normalized spacial score (nSPS) is 10.5. The van der Waals surface area contributed by atoms with E-state index in [0.29, 0.717) is 17.1 Å². The molecule has 2 rings (SSSR count). The molecule has 0 bridgehead atoms. The fraction of sp³-hybridized carbons (Fsp3) is 0.250. The highest BCUT2D eigenvalue weighted by Crippen LogP contribution is 2.34. The Hall–Kier alpha value is -2.04. The minimum absolute atomic E-state index is 0.352. The third kappa shape index (κ3) is 1.95. The summed E-state index contributed by atoms with van der Waals surface area (Å²) in [5, 5.41) is 6.49. The maximum absolute atomic E-state index is 13.5. The van der Waals surface area contributed by atoms with E-state index in [2.05, 4.69) is 10.2 Å². The molecule has 17 heavy (non-hydrogen) atoms. The molecule has 0 amide bonds. The van der Waals surface area contributed by atoms with Crippen molar-refractivity contribution in [3.63, 3.8) is 0 Å². The molecule has 90 valence electrons. The Morgan fingerprint density at radius 2 is 2.18 bits per heavy atom. The minimum Gasteiger partial charge on any atom is -0.496 e. The van der Waals surface area contributed by atoms with Crippen LogP contribution in [0.3, 0.4) is 0 Å². The van der Waals surface area contributed by atoms with Crippen LogP contribution in [0.1, 0.15) is 12.5 Å². The molecule has 0 atom stereocenters. The van der Waals surface area contributed by atoms with Crippen molar-refractivity contribution in [3.8, 4) is 16.9 Å². The summed E-state index contributed by atoms with van der Waals surface area (Å²) >= 11 is 0. The Balaban J connectivity index is 2.68. The molecule has 0 fully saturated rings. The second-order valence-corrected chi connectivity index (χ2v) is 3.69. The van der Waals surface area contributed by atoms with Crippen LogP contribution in [0.4, 0.5) is 10.2 Å². The van der Waals surface area contributed by atoms with E-state index in [1.54, 1.807) is 6.20 Å². The SMILES string of the molecule is CCc1c(OC)cc(F)cc1-c1cn[nH]c1N. The van der Waals surface area contributed by atoms with Crippen molar-refractivity contribution in [1.82, 2.24) is 10.2 Å². The van der Waals surface area contributed by atoms with Gasteiger partial charge in [0.15, 0.2) is 0 Å². The van der Waals surface area contributed by atoms with Gasteiger partial charge in [0.1, 0.15) is 17.4 Å². The van der Waals surface area contributed by atoms with E-state index in [1.807, 2.05) is 6.92 Å². The highest BCUT2D eigenvalue weighted by Gasteiger charge is 2.15. The average Bonchev–Trinajstić information content (AvgIpc) is 2.74. The molecule has 4 nitrogen and oxygen atoms in total. The molecule has 5 heteroatoms. The maximum atomic E-state index is 13.5. The van der Waals surface area contributed by atoms with Crippen LogP contribution < -0.4 is 10.5 Å². The molecule has 0 aliphatic rings. The van der Waals surface area contributed by atoms with Crippen LogP contribution >= 0.6 is 0 Å². The third-order valence-electron chi connectivity index (χ3n) is 2.71.